The van der Waals surface area contributed by atoms with E-state index in [1.165, 1.54) is 5.56 Å². The van der Waals surface area contributed by atoms with Gasteiger partial charge in [-0.2, -0.15) is 11.3 Å². The number of rotatable bonds is 4. The van der Waals surface area contributed by atoms with Crippen molar-refractivity contribution in [1.29, 1.82) is 0 Å². The molecule has 0 spiro atoms. The summed E-state index contributed by atoms with van der Waals surface area (Å²) in [6, 6.07) is 2.30. The van der Waals surface area contributed by atoms with Gasteiger partial charge in [-0.25, -0.2) is 0 Å². The maximum atomic E-state index is 12.0. The van der Waals surface area contributed by atoms with E-state index in [1.807, 2.05) is 12.4 Å². The minimum atomic E-state index is 0.172. The third-order valence-corrected chi connectivity index (χ3v) is 3.83. The van der Waals surface area contributed by atoms with Gasteiger partial charge in [-0.15, -0.1) is 0 Å². The minimum Gasteiger partial charge on any atom is -0.340 e. The Morgan fingerprint density at radius 2 is 2.53 bits per heavy atom. The Bertz CT molecular complexity index is 366. The molecule has 4 nitrogen and oxygen atoms in total. The highest BCUT2D eigenvalue weighted by molar-refractivity contribution is 7.07. The number of thiophene rings is 1. The molecular formula is C12H19N3OS. The molecule has 0 radical (unpaired) electrons. The molecular weight excluding hydrogens is 234 g/mol. The van der Waals surface area contributed by atoms with Crippen LogP contribution in [0.3, 0.4) is 0 Å². The molecule has 1 aromatic rings. The van der Waals surface area contributed by atoms with Crippen LogP contribution in [0.2, 0.25) is 0 Å². The molecule has 1 atom stereocenters. The van der Waals surface area contributed by atoms with Crippen molar-refractivity contribution in [3.8, 4) is 0 Å². The normalized spacial score (nSPS) is 20.7. The quantitative estimate of drug-likeness (QED) is 0.861. The predicted molar refractivity (Wildman–Crippen MR) is 69.8 cm³/mol. The fraction of sp³-hybridized carbons (Fsp3) is 0.583. The monoisotopic (exact) mass is 253 g/mol. The van der Waals surface area contributed by atoms with Crippen molar-refractivity contribution >= 4 is 17.2 Å². The second-order valence-corrected chi connectivity index (χ2v) is 5.45. The summed E-state index contributed by atoms with van der Waals surface area (Å²) < 4.78 is 0. The van der Waals surface area contributed by atoms with Crippen molar-refractivity contribution in [1.82, 2.24) is 9.80 Å². The number of likely N-dealkylation sites (tertiary alicyclic amines) is 1. The van der Waals surface area contributed by atoms with Crippen LogP contribution >= 0.6 is 11.3 Å². The molecule has 0 bridgehead atoms. The molecule has 1 aliphatic heterocycles. The lowest BCUT2D eigenvalue weighted by Gasteiger charge is -2.21. The standard InChI is InChI=1S/C12H19N3OS/c1-14(6-10-3-5-17-9-10)12(16)8-15-4-2-11(13)7-15/h3,5,9,11H,2,4,6-8,13H2,1H3/t11-/m0/s1. The number of carbonyl (C=O) groups is 1. The molecule has 1 aromatic heterocycles. The highest BCUT2D eigenvalue weighted by Crippen LogP contribution is 2.10. The molecule has 1 fully saturated rings. The van der Waals surface area contributed by atoms with Gasteiger partial charge in [-0.1, -0.05) is 0 Å². The molecule has 2 N–H and O–H groups in total. The average molecular weight is 253 g/mol. The SMILES string of the molecule is CN(Cc1ccsc1)C(=O)CN1CC[C@H](N)C1. The van der Waals surface area contributed by atoms with E-state index in [2.05, 4.69) is 16.3 Å². The zero-order valence-electron chi connectivity index (χ0n) is 10.1. The van der Waals surface area contributed by atoms with Gasteiger partial charge in [0.15, 0.2) is 0 Å². The molecule has 2 heterocycles. The number of hydrogen-bond acceptors (Lipinski definition) is 4. The number of nitrogens with zero attached hydrogens (tertiary/aromatic N) is 2. The van der Waals surface area contributed by atoms with Crippen molar-refractivity contribution < 1.29 is 4.79 Å². The van der Waals surface area contributed by atoms with E-state index in [0.717, 1.165) is 19.5 Å². The number of hydrogen-bond donors (Lipinski definition) is 1. The molecule has 0 unspecified atom stereocenters. The van der Waals surface area contributed by atoms with E-state index in [1.54, 1.807) is 16.2 Å². The summed E-state index contributed by atoms with van der Waals surface area (Å²) in [4.78, 5) is 15.9. The first-order valence-corrected chi connectivity index (χ1v) is 6.82. The molecule has 5 heteroatoms. The van der Waals surface area contributed by atoms with Crippen LogP contribution < -0.4 is 5.73 Å². The zero-order chi connectivity index (χ0) is 12.3. The van der Waals surface area contributed by atoms with Crippen molar-refractivity contribution in [3.05, 3.63) is 22.4 Å². The second kappa shape index (κ2) is 5.62. The smallest absolute Gasteiger partial charge is 0.236 e. The molecule has 1 saturated heterocycles. The van der Waals surface area contributed by atoms with E-state index in [4.69, 9.17) is 5.73 Å². The molecule has 17 heavy (non-hydrogen) atoms. The molecule has 2 rings (SSSR count). The number of carbonyl (C=O) groups excluding carboxylic acids is 1. The van der Waals surface area contributed by atoms with Crippen molar-refractivity contribution in [2.24, 2.45) is 5.73 Å². The molecule has 1 amide bonds. The van der Waals surface area contributed by atoms with Crippen LogP contribution in [0.25, 0.3) is 0 Å². The van der Waals surface area contributed by atoms with E-state index in [-0.39, 0.29) is 11.9 Å². The molecule has 1 aliphatic rings. The Balaban J connectivity index is 1.79. The third kappa shape index (κ3) is 3.52. The maximum absolute atomic E-state index is 12.0. The summed E-state index contributed by atoms with van der Waals surface area (Å²) in [5, 5.41) is 4.11. The summed E-state index contributed by atoms with van der Waals surface area (Å²) in [7, 11) is 1.86. The van der Waals surface area contributed by atoms with Gasteiger partial charge in [-0.3, -0.25) is 9.69 Å². The fourth-order valence-electron chi connectivity index (χ4n) is 2.06. The summed E-state index contributed by atoms with van der Waals surface area (Å²) in [6.07, 6.45) is 1.00. The molecule has 0 saturated carbocycles. The Kier molecular flexibility index (Phi) is 4.15. The van der Waals surface area contributed by atoms with E-state index < -0.39 is 0 Å². The largest absolute Gasteiger partial charge is 0.340 e. The van der Waals surface area contributed by atoms with Crippen LogP contribution in [0.4, 0.5) is 0 Å². The Hall–Kier alpha value is -0.910. The number of likely N-dealkylation sites (N-methyl/N-ethyl adjacent to an activating group) is 1. The van der Waals surface area contributed by atoms with Gasteiger partial charge >= 0.3 is 0 Å². The van der Waals surface area contributed by atoms with Gasteiger partial charge in [0.2, 0.25) is 5.91 Å². The van der Waals surface area contributed by atoms with Crippen molar-refractivity contribution in [2.45, 2.75) is 19.0 Å². The summed E-state index contributed by atoms with van der Waals surface area (Å²) >= 11 is 1.66. The molecule has 0 aromatic carbocycles. The Morgan fingerprint density at radius 1 is 1.71 bits per heavy atom. The molecule has 0 aliphatic carbocycles. The third-order valence-electron chi connectivity index (χ3n) is 3.09. The van der Waals surface area contributed by atoms with Gasteiger partial charge in [0.1, 0.15) is 0 Å². The first-order valence-electron chi connectivity index (χ1n) is 5.88. The van der Waals surface area contributed by atoms with Crippen LogP contribution in [0, 0.1) is 0 Å². The Morgan fingerprint density at radius 3 is 3.12 bits per heavy atom. The molecule has 94 valence electrons. The van der Waals surface area contributed by atoms with E-state index in [0.29, 0.717) is 13.1 Å². The summed E-state index contributed by atoms with van der Waals surface area (Å²) in [5.74, 6) is 0.172. The number of amides is 1. The van der Waals surface area contributed by atoms with Crippen molar-refractivity contribution in [3.63, 3.8) is 0 Å². The van der Waals surface area contributed by atoms with Crippen LogP contribution in [-0.4, -0.2) is 48.4 Å². The highest BCUT2D eigenvalue weighted by Gasteiger charge is 2.22. The second-order valence-electron chi connectivity index (χ2n) is 4.67. The lowest BCUT2D eigenvalue weighted by atomic mass is 10.3. The average Bonchev–Trinajstić information content (AvgIpc) is 2.90. The van der Waals surface area contributed by atoms with Gasteiger partial charge in [0.25, 0.3) is 0 Å². The fourth-order valence-corrected chi connectivity index (χ4v) is 2.72. The van der Waals surface area contributed by atoms with Gasteiger partial charge in [-0.05, 0) is 28.8 Å². The van der Waals surface area contributed by atoms with Crippen LogP contribution in [0.1, 0.15) is 12.0 Å². The van der Waals surface area contributed by atoms with Crippen LogP contribution in [-0.2, 0) is 11.3 Å². The zero-order valence-corrected chi connectivity index (χ0v) is 10.9. The van der Waals surface area contributed by atoms with Gasteiger partial charge < -0.3 is 10.6 Å². The first kappa shape index (κ1) is 12.5. The van der Waals surface area contributed by atoms with Crippen molar-refractivity contribution in [2.75, 3.05) is 26.7 Å². The van der Waals surface area contributed by atoms with Gasteiger partial charge in [0.05, 0.1) is 6.54 Å². The lowest BCUT2D eigenvalue weighted by Crippen LogP contribution is -2.38. The van der Waals surface area contributed by atoms with Crippen LogP contribution in [0.5, 0.6) is 0 Å². The lowest BCUT2D eigenvalue weighted by molar-refractivity contribution is -0.131. The number of nitrogens with two attached hydrogens (primary N) is 1. The maximum Gasteiger partial charge on any atom is 0.236 e. The minimum absolute atomic E-state index is 0.172. The van der Waals surface area contributed by atoms with Gasteiger partial charge in [0, 0.05) is 32.7 Å². The first-order chi connectivity index (χ1) is 8.15. The van der Waals surface area contributed by atoms with E-state index in [9.17, 15) is 4.79 Å². The summed E-state index contributed by atoms with van der Waals surface area (Å²) in [5.41, 5.74) is 7.02. The highest BCUT2D eigenvalue weighted by atomic mass is 32.1. The van der Waals surface area contributed by atoms with E-state index >= 15 is 0 Å². The van der Waals surface area contributed by atoms with Crippen LogP contribution in [0.15, 0.2) is 16.8 Å². The topological polar surface area (TPSA) is 49.6 Å². The predicted octanol–water partition coefficient (Wildman–Crippen LogP) is 0.740. The Labute approximate surface area is 106 Å². The summed E-state index contributed by atoms with van der Waals surface area (Å²) in [6.45, 7) is 2.98.